The molecule has 0 aromatic heterocycles. The van der Waals surface area contributed by atoms with Crippen molar-refractivity contribution in [1.29, 1.82) is 0 Å². The molecule has 1 heterocycles. The predicted octanol–water partition coefficient (Wildman–Crippen LogP) is 1.98. The first-order valence-corrected chi connectivity index (χ1v) is 9.66. The molecule has 1 fully saturated rings. The van der Waals surface area contributed by atoms with Crippen LogP contribution in [0, 0.1) is 5.92 Å². The number of halogens is 1. The van der Waals surface area contributed by atoms with Gasteiger partial charge in [0, 0.05) is 31.7 Å². The molecule has 3 N–H and O–H groups in total. The van der Waals surface area contributed by atoms with E-state index < -0.39 is 0 Å². The van der Waals surface area contributed by atoms with Crippen molar-refractivity contribution in [3.05, 3.63) is 35.4 Å². The van der Waals surface area contributed by atoms with Crippen LogP contribution in [0.5, 0.6) is 0 Å². The van der Waals surface area contributed by atoms with Gasteiger partial charge in [-0.3, -0.25) is 9.59 Å². The van der Waals surface area contributed by atoms with Gasteiger partial charge in [0.2, 0.25) is 5.91 Å². The maximum atomic E-state index is 12.5. The molecule has 156 valence electrons. The fourth-order valence-corrected chi connectivity index (χ4v) is 2.74. The highest BCUT2D eigenvalue weighted by Gasteiger charge is 2.21. The molecular weight excluding hydrogens is 469 g/mol. The normalized spacial score (nSPS) is 14.4. The molecule has 0 aliphatic carbocycles. The van der Waals surface area contributed by atoms with Crippen molar-refractivity contribution in [3.8, 4) is 0 Å². The van der Waals surface area contributed by atoms with E-state index >= 15 is 0 Å². The molecule has 0 radical (unpaired) electrons. The highest BCUT2D eigenvalue weighted by atomic mass is 127. The van der Waals surface area contributed by atoms with Crippen LogP contribution in [-0.2, 0) is 11.3 Å². The predicted molar refractivity (Wildman–Crippen MR) is 123 cm³/mol. The number of nitrogens with zero attached hydrogens (tertiary/aromatic N) is 2. The number of piperazine rings is 1. The summed E-state index contributed by atoms with van der Waals surface area (Å²) < 4.78 is 0. The summed E-state index contributed by atoms with van der Waals surface area (Å²) in [5, 5.41) is 9.31. The second-order valence-electron chi connectivity index (χ2n) is 7.08. The number of carbonyl (C=O) groups is 2. The number of rotatable bonds is 7. The molecule has 1 aliphatic heterocycles. The Bertz CT molecular complexity index is 661. The summed E-state index contributed by atoms with van der Waals surface area (Å²) in [7, 11) is 0. The van der Waals surface area contributed by atoms with Gasteiger partial charge in [-0.05, 0) is 37.0 Å². The number of nitrogens with one attached hydrogen (secondary N) is 3. The monoisotopic (exact) mass is 501 g/mol. The van der Waals surface area contributed by atoms with Gasteiger partial charge < -0.3 is 20.9 Å². The van der Waals surface area contributed by atoms with E-state index in [1.54, 1.807) is 17.0 Å². The first-order chi connectivity index (χ1) is 13.0. The molecule has 2 amide bonds. The molecule has 0 saturated carbocycles. The van der Waals surface area contributed by atoms with E-state index in [0.29, 0.717) is 31.1 Å². The Labute approximate surface area is 184 Å². The van der Waals surface area contributed by atoms with Gasteiger partial charge in [-0.15, -0.1) is 24.0 Å². The van der Waals surface area contributed by atoms with Gasteiger partial charge >= 0.3 is 0 Å². The van der Waals surface area contributed by atoms with Crippen molar-refractivity contribution in [3.63, 3.8) is 0 Å². The van der Waals surface area contributed by atoms with E-state index in [9.17, 15) is 9.59 Å². The first-order valence-electron chi connectivity index (χ1n) is 9.66. The lowest BCUT2D eigenvalue weighted by atomic mass is 10.1. The summed E-state index contributed by atoms with van der Waals surface area (Å²) in [6.45, 7) is 9.86. The lowest BCUT2D eigenvalue weighted by molar-refractivity contribution is -0.123. The average Bonchev–Trinajstić information content (AvgIpc) is 2.65. The second kappa shape index (κ2) is 12.6. The quantitative estimate of drug-likeness (QED) is 0.303. The van der Waals surface area contributed by atoms with E-state index in [2.05, 4.69) is 34.8 Å². The molecule has 1 aromatic rings. The summed E-state index contributed by atoms with van der Waals surface area (Å²) >= 11 is 0. The maximum absolute atomic E-state index is 12.5. The number of benzene rings is 1. The number of amides is 2. The maximum Gasteiger partial charge on any atom is 0.254 e. The van der Waals surface area contributed by atoms with E-state index in [0.717, 1.165) is 31.0 Å². The number of hydrogen-bond acceptors (Lipinski definition) is 3. The number of aliphatic imine (C=N–C) groups is 1. The Hall–Kier alpha value is -1.84. The minimum absolute atomic E-state index is 0. The van der Waals surface area contributed by atoms with Gasteiger partial charge in [-0.2, -0.15) is 0 Å². The van der Waals surface area contributed by atoms with Crippen molar-refractivity contribution in [2.75, 3.05) is 32.7 Å². The fourth-order valence-electron chi connectivity index (χ4n) is 2.74. The zero-order valence-corrected chi connectivity index (χ0v) is 19.3. The highest BCUT2D eigenvalue weighted by molar-refractivity contribution is 14.0. The van der Waals surface area contributed by atoms with Gasteiger partial charge in [-0.25, -0.2) is 4.99 Å². The van der Waals surface area contributed by atoms with E-state index in [4.69, 9.17) is 0 Å². The standard InChI is InChI=1S/C20H31N5O2.HI/c1-4-21-20(23-10-9-15(2)3)24-13-16-5-7-17(8-6-16)19(27)25-12-11-22-18(26)14-25;/h5-8,15H,4,9-14H2,1-3H3,(H,22,26)(H2,21,23,24);1H. The molecule has 0 unspecified atom stereocenters. The molecule has 2 rings (SSSR count). The molecule has 0 atom stereocenters. The van der Waals surface area contributed by atoms with Crippen LogP contribution in [0.2, 0.25) is 0 Å². The minimum Gasteiger partial charge on any atom is -0.357 e. The third-order valence-corrected chi connectivity index (χ3v) is 4.30. The van der Waals surface area contributed by atoms with Crippen LogP contribution in [0.15, 0.2) is 29.3 Å². The molecule has 0 bridgehead atoms. The number of hydrogen-bond donors (Lipinski definition) is 3. The molecule has 1 aliphatic rings. The van der Waals surface area contributed by atoms with Gasteiger partial charge in [0.1, 0.15) is 0 Å². The zero-order valence-electron chi connectivity index (χ0n) is 17.0. The highest BCUT2D eigenvalue weighted by Crippen LogP contribution is 2.10. The van der Waals surface area contributed by atoms with Crippen molar-refractivity contribution in [2.24, 2.45) is 10.9 Å². The van der Waals surface area contributed by atoms with Crippen LogP contribution in [-0.4, -0.2) is 55.4 Å². The molecule has 8 heteroatoms. The van der Waals surface area contributed by atoms with E-state index in [-0.39, 0.29) is 42.3 Å². The van der Waals surface area contributed by atoms with Crippen molar-refractivity contribution in [1.82, 2.24) is 20.9 Å². The van der Waals surface area contributed by atoms with Gasteiger partial charge in [0.25, 0.3) is 5.91 Å². The van der Waals surface area contributed by atoms with Crippen LogP contribution < -0.4 is 16.0 Å². The SMILES string of the molecule is CCNC(=NCc1ccc(C(=O)N2CCNC(=O)C2)cc1)NCCC(C)C.I. The summed E-state index contributed by atoms with van der Waals surface area (Å²) in [6, 6.07) is 7.44. The molecule has 1 saturated heterocycles. The Morgan fingerprint density at radius 3 is 2.57 bits per heavy atom. The Morgan fingerprint density at radius 2 is 1.96 bits per heavy atom. The van der Waals surface area contributed by atoms with Crippen molar-refractivity contribution >= 4 is 41.8 Å². The lowest BCUT2D eigenvalue weighted by Gasteiger charge is -2.26. The van der Waals surface area contributed by atoms with Crippen LogP contribution in [0.1, 0.15) is 43.1 Å². The average molecular weight is 501 g/mol. The van der Waals surface area contributed by atoms with Gasteiger partial charge in [-0.1, -0.05) is 26.0 Å². The summed E-state index contributed by atoms with van der Waals surface area (Å²) in [6.07, 6.45) is 1.09. The minimum atomic E-state index is -0.110. The lowest BCUT2D eigenvalue weighted by Crippen LogP contribution is -2.49. The summed E-state index contributed by atoms with van der Waals surface area (Å²) in [4.78, 5) is 30.1. The van der Waals surface area contributed by atoms with Gasteiger partial charge in [0.05, 0.1) is 13.1 Å². The smallest absolute Gasteiger partial charge is 0.254 e. The zero-order chi connectivity index (χ0) is 19.6. The molecule has 1 aromatic carbocycles. The van der Waals surface area contributed by atoms with Crippen LogP contribution in [0.4, 0.5) is 0 Å². The fraction of sp³-hybridized carbons (Fsp3) is 0.550. The van der Waals surface area contributed by atoms with Crippen LogP contribution >= 0.6 is 24.0 Å². The summed E-state index contributed by atoms with van der Waals surface area (Å²) in [5.74, 6) is 1.24. The third kappa shape index (κ3) is 8.04. The second-order valence-corrected chi connectivity index (χ2v) is 7.08. The van der Waals surface area contributed by atoms with Crippen LogP contribution in [0.3, 0.4) is 0 Å². The van der Waals surface area contributed by atoms with Crippen molar-refractivity contribution in [2.45, 2.75) is 33.7 Å². The molecule has 7 nitrogen and oxygen atoms in total. The number of guanidine groups is 1. The molecule has 28 heavy (non-hydrogen) atoms. The van der Waals surface area contributed by atoms with Gasteiger partial charge in [0.15, 0.2) is 5.96 Å². The van der Waals surface area contributed by atoms with Crippen molar-refractivity contribution < 1.29 is 9.59 Å². The number of carbonyl (C=O) groups excluding carboxylic acids is 2. The van der Waals surface area contributed by atoms with Crippen LogP contribution in [0.25, 0.3) is 0 Å². The largest absolute Gasteiger partial charge is 0.357 e. The molecule has 0 spiro atoms. The summed E-state index contributed by atoms with van der Waals surface area (Å²) in [5.41, 5.74) is 1.63. The third-order valence-electron chi connectivity index (χ3n) is 4.30. The Balaban J connectivity index is 0.00000392. The Kier molecular flexibility index (Phi) is 10.9. The van der Waals surface area contributed by atoms with E-state index in [1.165, 1.54) is 0 Å². The topological polar surface area (TPSA) is 85.8 Å². The first kappa shape index (κ1) is 24.2. The van der Waals surface area contributed by atoms with E-state index in [1.807, 2.05) is 19.1 Å². The molecular formula is C20H32IN5O2. The Morgan fingerprint density at radius 1 is 1.25 bits per heavy atom.